The molecule has 8 heteroatoms. The summed E-state index contributed by atoms with van der Waals surface area (Å²) in [5.41, 5.74) is 6.53. The number of pyridine rings is 1. The molecule has 108 valence electrons. The van der Waals surface area contributed by atoms with Gasteiger partial charge >= 0.3 is 12.0 Å². The molecule has 0 radical (unpaired) electrons. The van der Waals surface area contributed by atoms with E-state index < -0.39 is 30.4 Å². The van der Waals surface area contributed by atoms with Crippen LogP contribution in [0, 0.1) is 6.92 Å². The second-order valence-electron chi connectivity index (χ2n) is 4.20. The van der Waals surface area contributed by atoms with Crippen LogP contribution in [0.3, 0.4) is 0 Å². The predicted molar refractivity (Wildman–Crippen MR) is 69.6 cm³/mol. The third-order valence-electron chi connectivity index (χ3n) is 2.43. The first kappa shape index (κ1) is 15.4. The Bertz CT molecular complexity index is 501. The molecule has 0 unspecified atom stereocenters. The van der Waals surface area contributed by atoms with Crippen molar-refractivity contribution in [3.63, 3.8) is 0 Å². The van der Waals surface area contributed by atoms with E-state index in [2.05, 4.69) is 15.6 Å². The van der Waals surface area contributed by atoms with E-state index in [1.807, 2.05) is 6.92 Å². The monoisotopic (exact) mass is 280 g/mol. The maximum atomic E-state index is 11.5. The molecule has 0 saturated heterocycles. The summed E-state index contributed by atoms with van der Waals surface area (Å²) in [5.74, 6) is -2.13. The maximum absolute atomic E-state index is 11.5. The smallest absolute Gasteiger partial charge is 0.326 e. The Morgan fingerprint density at radius 1 is 1.40 bits per heavy atom. The largest absolute Gasteiger partial charge is 0.480 e. The summed E-state index contributed by atoms with van der Waals surface area (Å²) in [7, 11) is 0. The van der Waals surface area contributed by atoms with Gasteiger partial charge in [0.2, 0.25) is 5.91 Å². The van der Waals surface area contributed by atoms with Gasteiger partial charge in [0.25, 0.3) is 0 Å². The number of aliphatic carboxylic acids is 1. The normalized spacial score (nSPS) is 11.4. The average molecular weight is 280 g/mol. The Morgan fingerprint density at radius 2 is 2.10 bits per heavy atom. The van der Waals surface area contributed by atoms with Gasteiger partial charge in [-0.3, -0.25) is 9.78 Å². The van der Waals surface area contributed by atoms with E-state index >= 15 is 0 Å². The van der Waals surface area contributed by atoms with Crippen molar-refractivity contribution >= 4 is 17.9 Å². The zero-order valence-corrected chi connectivity index (χ0v) is 10.9. The highest BCUT2D eigenvalue weighted by Gasteiger charge is 2.21. The van der Waals surface area contributed by atoms with Crippen molar-refractivity contribution in [3.8, 4) is 0 Å². The first-order valence-corrected chi connectivity index (χ1v) is 5.85. The van der Waals surface area contributed by atoms with E-state index in [1.54, 1.807) is 18.3 Å². The van der Waals surface area contributed by atoms with Crippen LogP contribution in [0.2, 0.25) is 0 Å². The molecule has 1 atom stereocenters. The molecule has 1 aromatic heterocycles. The van der Waals surface area contributed by atoms with Crippen molar-refractivity contribution in [2.45, 2.75) is 25.9 Å². The number of nitrogens with one attached hydrogen (secondary N) is 2. The van der Waals surface area contributed by atoms with Gasteiger partial charge in [0.15, 0.2) is 0 Å². The predicted octanol–water partition coefficient (Wildman–Crippen LogP) is -0.482. The molecule has 0 aliphatic heterocycles. The van der Waals surface area contributed by atoms with Crippen molar-refractivity contribution in [2.75, 3.05) is 0 Å². The van der Waals surface area contributed by atoms with Gasteiger partial charge in [-0.25, -0.2) is 9.59 Å². The number of hydrogen-bond donors (Lipinski definition) is 4. The number of aryl methyl sites for hydroxylation is 1. The molecule has 1 heterocycles. The minimum Gasteiger partial charge on any atom is -0.480 e. The van der Waals surface area contributed by atoms with Gasteiger partial charge in [0.1, 0.15) is 6.04 Å². The molecule has 5 N–H and O–H groups in total. The standard InChI is InChI=1S/C12H16N4O4/c1-7-2-3-8(5-14-7)6-15-12(20)16-9(11(18)19)4-10(13)17/h2-3,5,9H,4,6H2,1H3,(H2,13,17)(H,18,19)(H2,15,16,20)/t9-/m1/s1. The molecule has 20 heavy (non-hydrogen) atoms. The second kappa shape index (κ2) is 7.07. The minimum atomic E-state index is -1.34. The molecule has 8 nitrogen and oxygen atoms in total. The van der Waals surface area contributed by atoms with Gasteiger partial charge in [0.05, 0.1) is 6.42 Å². The van der Waals surface area contributed by atoms with Crippen LogP contribution in [-0.4, -0.2) is 34.0 Å². The Kier molecular flexibility index (Phi) is 5.45. The van der Waals surface area contributed by atoms with Crippen molar-refractivity contribution in [2.24, 2.45) is 5.73 Å². The van der Waals surface area contributed by atoms with Crippen LogP contribution in [0.15, 0.2) is 18.3 Å². The third-order valence-corrected chi connectivity index (χ3v) is 2.43. The first-order valence-electron chi connectivity index (χ1n) is 5.85. The van der Waals surface area contributed by atoms with Crippen LogP contribution < -0.4 is 16.4 Å². The summed E-state index contributed by atoms with van der Waals surface area (Å²) in [6.07, 6.45) is 1.14. The fraction of sp³-hybridized carbons (Fsp3) is 0.333. The van der Waals surface area contributed by atoms with Gasteiger partial charge < -0.3 is 21.5 Å². The summed E-state index contributed by atoms with van der Waals surface area (Å²) in [6, 6.07) is 1.55. The second-order valence-corrected chi connectivity index (χ2v) is 4.20. The number of carboxylic acids is 1. The van der Waals surface area contributed by atoms with Crippen LogP contribution in [0.25, 0.3) is 0 Å². The number of hydrogen-bond acceptors (Lipinski definition) is 4. The molecule has 3 amide bonds. The summed E-state index contributed by atoms with van der Waals surface area (Å²) in [4.78, 5) is 37.1. The number of primary amides is 1. The minimum absolute atomic E-state index is 0.196. The topological polar surface area (TPSA) is 134 Å². The van der Waals surface area contributed by atoms with E-state index in [4.69, 9.17) is 10.8 Å². The summed E-state index contributed by atoms with van der Waals surface area (Å²) in [5, 5.41) is 13.5. The van der Waals surface area contributed by atoms with Crippen LogP contribution in [0.5, 0.6) is 0 Å². The van der Waals surface area contributed by atoms with Crippen LogP contribution in [-0.2, 0) is 16.1 Å². The quantitative estimate of drug-likeness (QED) is 0.558. The number of carbonyl (C=O) groups is 3. The zero-order valence-electron chi connectivity index (χ0n) is 10.9. The van der Waals surface area contributed by atoms with Crippen LogP contribution >= 0.6 is 0 Å². The fourth-order valence-electron chi connectivity index (χ4n) is 1.40. The molecule has 0 saturated carbocycles. The first-order chi connectivity index (χ1) is 9.38. The fourth-order valence-corrected chi connectivity index (χ4v) is 1.40. The molecule has 1 aromatic rings. The maximum Gasteiger partial charge on any atom is 0.326 e. The number of amides is 3. The highest BCUT2D eigenvalue weighted by molar-refractivity contribution is 5.87. The van der Waals surface area contributed by atoms with Crippen molar-refractivity contribution in [1.82, 2.24) is 15.6 Å². The van der Waals surface area contributed by atoms with E-state index in [-0.39, 0.29) is 6.54 Å². The van der Waals surface area contributed by atoms with Gasteiger partial charge in [0, 0.05) is 18.4 Å². The van der Waals surface area contributed by atoms with Crippen LogP contribution in [0.4, 0.5) is 4.79 Å². The molecule has 0 aromatic carbocycles. The lowest BCUT2D eigenvalue weighted by molar-refractivity contribution is -0.140. The van der Waals surface area contributed by atoms with Gasteiger partial charge in [-0.2, -0.15) is 0 Å². The molecule has 0 aliphatic carbocycles. The summed E-state index contributed by atoms with van der Waals surface area (Å²) in [6.45, 7) is 2.03. The zero-order chi connectivity index (χ0) is 15.1. The Hall–Kier alpha value is -2.64. The number of aromatic nitrogens is 1. The van der Waals surface area contributed by atoms with Crippen molar-refractivity contribution in [3.05, 3.63) is 29.6 Å². The lowest BCUT2D eigenvalue weighted by atomic mass is 10.2. The number of carboxylic acid groups (broad SMARTS) is 1. The molecule has 0 aliphatic rings. The third kappa shape index (κ3) is 5.34. The average Bonchev–Trinajstić information content (AvgIpc) is 2.36. The molecule has 0 fully saturated rings. The summed E-state index contributed by atoms with van der Waals surface area (Å²) < 4.78 is 0. The van der Waals surface area contributed by atoms with E-state index in [9.17, 15) is 14.4 Å². The number of urea groups is 1. The van der Waals surface area contributed by atoms with Gasteiger partial charge in [-0.15, -0.1) is 0 Å². The summed E-state index contributed by atoms with van der Waals surface area (Å²) >= 11 is 0. The van der Waals surface area contributed by atoms with Gasteiger partial charge in [-0.05, 0) is 18.6 Å². The molecular formula is C12H16N4O4. The lowest BCUT2D eigenvalue weighted by Gasteiger charge is -2.13. The molecular weight excluding hydrogens is 264 g/mol. The Labute approximate surface area is 115 Å². The molecule has 1 rings (SSSR count). The highest BCUT2D eigenvalue weighted by atomic mass is 16.4. The molecule has 0 spiro atoms. The van der Waals surface area contributed by atoms with Crippen molar-refractivity contribution < 1.29 is 19.5 Å². The van der Waals surface area contributed by atoms with Crippen LogP contribution in [0.1, 0.15) is 17.7 Å². The lowest BCUT2D eigenvalue weighted by Crippen LogP contribution is -2.47. The number of rotatable bonds is 6. The number of nitrogens with two attached hydrogens (primary N) is 1. The van der Waals surface area contributed by atoms with E-state index in [0.717, 1.165) is 11.3 Å². The Balaban J connectivity index is 2.47. The molecule has 0 bridgehead atoms. The highest BCUT2D eigenvalue weighted by Crippen LogP contribution is 1.98. The SMILES string of the molecule is Cc1ccc(CNC(=O)N[C@H](CC(N)=O)C(=O)O)cn1. The van der Waals surface area contributed by atoms with Crippen molar-refractivity contribution in [1.29, 1.82) is 0 Å². The van der Waals surface area contributed by atoms with E-state index in [0.29, 0.717) is 0 Å². The Morgan fingerprint density at radius 3 is 2.60 bits per heavy atom. The number of nitrogens with zero attached hydrogens (tertiary/aromatic N) is 1. The number of carbonyl (C=O) groups excluding carboxylic acids is 2. The van der Waals surface area contributed by atoms with Gasteiger partial charge in [-0.1, -0.05) is 6.07 Å². The van der Waals surface area contributed by atoms with E-state index in [1.165, 1.54) is 0 Å².